The van der Waals surface area contributed by atoms with E-state index in [0.717, 1.165) is 5.56 Å². The maximum absolute atomic E-state index is 13.7. The smallest absolute Gasteiger partial charge is 0.326 e. The molecule has 1 unspecified atom stereocenters. The number of amides is 1. The molecule has 0 bridgehead atoms. The molecule has 1 amide bonds. The van der Waals surface area contributed by atoms with Crippen molar-refractivity contribution in [3.05, 3.63) is 66.0 Å². The van der Waals surface area contributed by atoms with Gasteiger partial charge in [0, 0.05) is 6.42 Å². The molecule has 2 aromatic carbocycles. The topological polar surface area (TPSA) is 75.6 Å². The van der Waals surface area contributed by atoms with Crippen molar-refractivity contribution in [3.63, 3.8) is 0 Å². The van der Waals surface area contributed by atoms with Crippen LogP contribution in [0.4, 0.5) is 4.39 Å². The van der Waals surface area contributed by atoms with Crippen LogP contribution in [0.25, 0.3) is 0 Å². The van der Waals surface area contributed by atoms with Gasteiger partial charge in [-0.15, -0.1) is 0 Å². The Morgan fingerprint density at radius 3 is 2.36 bits per heavy atom. The highest BCUT2D eigenvalue weighted by molar-refractivity contribution is 5.86. The van der Waals surface area contributed by atoms with Gasteiger partial charge in [-0.3, -0.25) is 4.79 Å². The number of nitrogens with one attached hydrogen (secondary N) is 1. The first-order valence-corrected chi connectivity index (χ1v) is 7.99. The Labute approximate surface area is 145 Å². The molecule has 0 aromatic heterocycles. The molecule has 0 heterocycles. The molecule has 0 aliphatic carbocycles. The van der Waals surface area contributed by atoms with E-state index in [-0.39, 0.29) is 18.6 Å². The summed E-state index contributed by atoms with van der Waals surface area (Å²) in [7, 11) is 0. The first-order chi connectivity index (χ1) is 12.0. The fourth-order valence-electron chi connectivity index (χ4n) is 2.33. The van der Waals surface area contributed by atoms with Gasteiger partial charge in [0.05, 0.1) is 0 Å². The van der Waals surface area contributed by atoms with E-state index in [0.29, 0.717) is 0 Å². The van der Waals surface area contributed by atoms with Gasteiger partial charge in [0.1, 0.15) is 6.04 Å². The predicted octanol–water partition coefficient (Wildman–Crippen LogP) is 2.80. The summed E-state index contributed by atoms with van der Waals surface area (Å²) < 4.78 is 19.1. The highest BCUT2D eigenvalue weighted by atomic mass is 19.1. The van der Waals surface area contributed by atoms with E-state index in [4.69, 9.17) is 4.74 Å². The van der Waals surface area contributed by atoms with Gasteiger partial charge < -0.3 is 15.2 Å². The fourth-order valence-corrected chi connectivity index (χ4v) is 2.33. The van der Waals surface area contributed by atoms with Crippen LogP contribution in [0.1, 0.15) is 18.9 Å². The normalized spacial score (nSPS) is 12.9. The average Bonchev–Trinajstić information content (AvgIpc) is 2.61. The Balaban J connectivity index is 2.05. The van der Waals surface area contributed by atoms with E-state index in [9.17, 15) is 19.1 Å². The summed E-state index contributed by atoms with van der Waals surface area (Å²) in [6, 6.07) is 13.7. The number of rotatable bonds is 8. The van der Waals surface area contributed by atoms with Crippen molar-refractivity contribution in [2.75, 3.05) is 0 Å². The number of carbonyl (C=O) groups excluding carboxylic acids is 1. The quantitative estimate of drug-likeness (QED) is 0.771. The van der Waals surface area contributed by atoms with E-state index in [1.807, 2.05) is 6.07 Å². The second-order valence-electron chi connectivity index (χ2n) is 5.53. The number of carboxylic acids is 1. The summed E-state index contributed by atoms with van der Waals surface area (Å²) in [4.78, 5) is 23.8. The Hall–Kier alpha value is -2.89. The summed E-state index contributed by atoms with van der Waals surface area (Å²) >= 11 is 0. The number of para-hydroxylation sites is 1. The molecule has 0 spiro atoms. The number of hydrogen-bond acceptors (Lipinski definition) is 3. The van der Waals surface area contributed by atoms with Gasteiger partial charge in [-0.1, -0.05) is 49.4 Å². The summed E-state index contributed by atoms with van der Waals surface area (Å²) in [5, 5.41) is 11.8. The van der Waals surface area contributed by atoms with Crippen LogP contribution in [-0.4, -0.2) is 29.1 Å². The maximum Gasteiger partial charge on any atom is 0.326 e. The lowest BCUT2D eigenvalue weighted by molar-refractivity contribution is -0.143. The zero-order valence-electron chi connectivity index (χ0n) is 13.8. The molecule has 2 aromatic rings. The molecule has 0 aliphatic heterocycles. The van der Waals surface area contributed by atoms with Crippen molar-refractivity contribution in [2.45, 2.75) is 31.9 Å². The van der Waals surface area contributed by atoms with Gasteiger partial charge in [-0.05, 0) is 24.1 Å². The van der Waals surface area contributed by atoms with Gasteiger partial charge in [0.25, 0.3) is 5.91 Å². The zero-order valence-corrected chi connectivity index (χ0v) is 13.8. The largest absolute Gasteiger partial charge is 0.480 e. The van der Waals surface area contributed by atoms with Crippen molar-refractivity contribution in [2.24, 2.45) is 0 Å². The van der Waals surface area contributed by atoms with Crippen molar-refractivity contribution >= 4 is 11.9 Å². The molecular weight excluding hydrogens is 325 g/mol. The van der Waals surface area contributed by atoms with Crippen molar-refractivity contribution < 1.29 is 23.8 Å². The van der Waals surface area contributed by atoms with Crippen LogP contribution in [0.15, 0.2) is 54.6 Å². The first kappa shape index (κ1) is 18.4. The minimum absolute atomic E-state index is 0.0422. The molecule has 0 aliphatic rings. The molecule has 0 saturated carbocycles. The summed E-state index contributed by atoms with van der Waals surface area (Å²) in [5.41, 5.74) is 0.790. The van der Waals surface area contributed by atoms with E-state index in [2.05, 4.69) is 5.32 Å². The number of carbonyl (C=O) groups is 2. The third-order valence-corrected chi connectivity index (χ3v) is 3.67. The van der Waals surface area contributed by atoms with E-state index in [1.165, 1.54) is 18.2 Å². The third-order valence-electron chi connectivity index (χ3n) is 3.67. The molecule has 132 valence electrons. The van der Waals surface area contributed by atoms with Gasteiger partial charge in [-0.2, -0.15) is 0 Å². The standard InChI is InChI=1S/C19H20FNO4/c1-2-16(25-17-11-7-6-10-14(17)20)18(22)21-15(19(23)24)12-13-8-4-3-5-9-13/h3-11,15-16H,2,12H2,1H3,(H,21,22)(H,23,24)/t15-,16?/m0/s1. The van der Waals surface area contributed by atoms with Crippen LogP contribution in [0.3, 0.4) is 0 Å². The number of hydrogen-bond donors (Lipinski definition) is 2. The minimum atomic E-state index is -1.14. The van der Waals surface area contributed by atoms with E-state index >= 15 is 0 Å². The summed E-state index contributed by atoms with van der Waals surface area (Å²) in [6.07, 6.45) is -0.551. The number of benzene rings is 2. The Kier molecular flexibility index (Phi) is 6.51. The average molecular weight is 345 g/mol. The second-order valence-corrected chi connectivity index (χ2v) is 5.53. The highest BCUT2D eigenvalue weighted by Gasteiger charge is 2.26. The third kappa shape index (κ3) is 5.31. The number of halogens is 1. The number of carboxylic acid groups (broad SMARTS) is 1. The van der Waals surface area contributed by atoms with Gasteiger partial charge in [0.2, 0.25) is 0 Å². The van der Waals surface area contributed by atoms with Crippen LogP contribution in [0.5, 0.6) is 5.75 Å². The van der Waals surface area contributed by atoms with E-state index in [1.54, 1.807) is 37.3 Å². The molecule has 2 rings (SSSR count). The van der Waals surface area contributed by atoms with Gasteiger partial charge in [0.15, 0.2) is 17.7 Å². The first-order valence-electron chi connectivity index (χ1n) is 7.99. The lowest BCUT2D eigenvalue weighted by atomic mass is 10.1. The zero-order chi connectivity index (χ0) is 18.2. The van der Waals surface area contributed by atoms with Crippen LogP contribution < -0.4 is 10.1 Å². The van der Waals surface area contributed by atoms with Crippen LogP contribution >= 0.6 is 0 Å². The molecule has 2 atom stereocenters. The van der Waals surface area contributed by atoms with Gasteiger partial charge >= 0.3 is 5.97 Å². The lowest BCUT2D eigenvalue weighted by Gasteiger charge is -2.21. The second kappa shape index (κ2) is 8.82. The molecule has 25 heavy (non-hydrogen) atoms. The molecule has 2 N–H and O–H groups in total. The SMILES string of the molecule is CCC(Oc1ccccc1F)C(=O)N[C@@H](Cc1ccccc1)C(=O)O. The summed E-state index contributed by atoms with van der Waals surface area (Å²) in [6.45, 7) is 1.71. The molecule has 6 heteroatoms. The molecular formula is C19H20FNO4. The van der Waals surface area contributed by atoms with E-state index < -0.39 is 29.8 Å². The Bertz CT molecular complexity index is 720. The van der Waals surface area contributed by atoms with Gasteiger partial charge in [-0.25, -0.2) is 9.18 Å². The monoisotopic (exact) mass is 345 g/mol. The predicted molar refractivity (Wildman–Crippen MR) is 90.8 cm³/mol. The summed E-state index contributed by atoms with van der Waals surface area (Å²) in [5.74, 6) is -2.35. The Morgan fingerprint density at radius 2 is 1.76 bits per heavy atom. The van der Waals surface area contributed by atoms with Crippen molar-refractivity contribution in [3.8, 4) is 5.75 Å². The molecule has 0 radical (unpaired) electrons. The van der Waals surface area contributed by atoms with Crippen LogP contribution in [0, 0.1) is 5.82 Å². The molecule has 5 nitrogen and oxygen atoms in total. The number of aliphatic carboxylic acids is 1. The Morgan fingerprint density at radius 1 is 1.12 bits per heavy atom. The highest BCUT2D eigenvalue weighted by Crippen LogP contribution is 2.18. The maximum atomic E-state index is 13.7. The molecule has 0 fully saturated rings. The van der Waals surface area contributed by atoms with Crippen LogP contribution in [0.2, 0.25) is 0 Å². The fraction of sp³-hybridized carbons (Fsp3) is 0.263. The van der Waals surface area contributed by atoms with Crippen LogP contribution in [-0.2, 0) is 16.0 Å². The number of ether oxygens (including phenoxy) is 1. The van der Waals surface area contributed by atoms with Crippen molar-refractivity contribution in [1.29, 1.82) is 0 Å². The lowest BCUT2D eigenvalue weighted by Crippen LogP contribution is -2.48. The molecule has 0 saturated heterocycles. The minimum Gasteiger partial charge on any atom is -0.480 e. The van der Waals surface area contributed by atoms with Crippen molar-refractivity contribution in [1.82, 2.24) is 5.32 Å².